The van der Waals surface area contributed by atoms with Crippen molar-refractivity contribution in [1.29, 1.82) is 0 Å². The van der Waals surface area contributed by atoms with E-state index in [4.69, 9.17) is 11.6 Å². The highest BCUT2D eigenvalue weighted by Crippen LogP contribution is 2.21. The van der Waals surface area contributed by atoms with Crippen LogP contribution in [0.4, 0.5) is 5.69 Å². The Labute approximate surface area is 158 Å². The normalized spacial score (nSPS) is 13.7. The topological polar surface area (TPSA) is 49.4 Å². The summed E-state index contributed by atoms with van der Waals surface area (Å²) in [6, 6.07) is 14.5. The van der Waals surface area contributed by atoms with Crippen LogP contribution in [0.5, 0.6) is 0 Å². The van der Waals surface area contributed by atoms with E-state index in [0.29, 0.717) is 17.0 Å². The number of nitrogens with one attached hydrogen (secondary N) is 1. The van der Waals surface area contributed by atoms with E-state index < -0.39 is 0 Å². The maximum absolute atomic E-state index is 12.0. The molecule has 0 atom stereocenters. The Balaban J connectivity index is 1.56. The summed E-state index contributed by atoms with van der Waals surface area (Å²) in [5, 5.41) is 3.15. The molecule has 0 saturated carbocycles. The van der Waals surface area contributed by atoms with Crippen LogP contribution in [0, 0.1) is 11.8 Å². The summed E-state index contributed by atoms with van der Waals surface area (Å²) in [6.45, 7) is 1.01. The lowest BCUT2D eigenvalue weighted by molar-refractivity contribution is -0.119. The molecule has 5 heteroatoms. The molecule has 1 aliphatic rings. The van der Waals surface area contributed by atoms with Gasteiger partial charge in [0.1, 0.15) is 0 Å². The van der Waals surface area contributed by atoms with Crippen molar-refractivity contribution >= 4 is 29.1 Å². The van der Waals surface area contributed by atoms with Crippen molar-refractivity contribution in [2.75, 3.05) is 18.0 Å². The van der Waals surface area contributed by atoms with Crippen molar-refractivity contribution in [3.63, 3.8) is 0 Å². The first-order valence-corrected chi connectivity index (χ1v) is 8.95. The Kier molecular flexibility index (Phi) is 5.93. The molecule has 1 fully saturated rings. The van der Waals surface area contributed by atoms with Crippen molar-refractivity contribution in [2.24, 2.45) is 0 Å². The number of amides is 2. The zero-order valence-corrected chi connectivity index (χ0v) is 15.1. The summed E-state index contributed by atoms with van der Waals surface area (Å²) in [5.41, 5.74) is 2.18. The SMILES string of the molecule is O=C(NCC#Cc1ccc(N2CCCCC2=O)cc1)c1ccccc1Cl. The number of benzene rings is 2. The van der Waals surface area contributed by atoms with Gasteiger partial charge < -0.3 is 10.2 Å². The van der Waals surface area contributed by atoms with E-state index in [1.54, 1.807) is 24.3 Å². The molecule has 4 nitrogen and oxygen atoms in total. The van der Waals surface area contributed by atoms with Crippen molar-refractivity contribution < 1.29 is 9.59 Å². The Bertz CT molecular complexity index is 866. The molecule has 1 aliphatic heterocycles. The Hall–Kier alpha value is -2.77. The van der Waals surface area contributed by atoms with Crippen LogP contribution in [0.15, 0.2) is 48.5 Å². The van der Waals surface area contributed by atoms with Crippen LogP contribution >= 0.6 is 11.6 Å². The molecule has 3 rings (SSSR count). The smallest absolute Gasteiger partial charge is 0.253 e. The predicted molar refractivity (Wildman–Crippen MR) is 103 cm³/mol. The van der Waals surface area contributed by atoms with Crippen LogP contribution in [-0.2, 0) is 4.79 Å². The predicted octanol–water partition coefficient (Wildman–Crippen LogP) is 3.64. The maximum Gasteiger partial charge on any atom is 0.253 e. The largest absolute Gasteiger partial charge is 0.341 e. The molecule has 0 aromatic heterocycles. The molecule has 26 heavy (non-hydrogen) atoms. The summed E-state index contributed by atoms with van der Waals surface area (Å²) >= 11 is 5.99. The minimum atomic E-state index is -0.246. The fourth-order valence-electron chi connectivity index (χ4n) is 2.81. The monoisotopic (exact) mass is 366 g/mol. The molecule has 0 radical (unpaired) electrons. The molecule has 2 aromatic rings. The fraction of sp³-hybridized carbons (Fsp3) is 0.238. The maximum atomic E-state index is 12.0. The van der Waals surface area contributed by atoms with Gasteiger partial charge in [-0.05, 0) is 49.2 Å². The second kappa shape index (κ2) is 8.55. The van der Waals surface area contributed by atoms with Crippen LogP contribution in [0.3, 0.4) is 0 Å². The van der Waals surface area contributed by atoms with Crippen LogP contribution in [-0.4, -0.2) is 24.9 Å². The van der Waals surface area contributed by atoms with Crippen molar-refractivity contribution in [2.45, 2.75) is 19.3 Å². The van der Waals surface area contributed by atoms with Gasteiger partial charge in [-0.3, -0.25) is 9.59 Å². The molecule has 1 saturated heterocycles. The Morgan fingerprint density at radius 2 is 1.88 bits per heavy atom. The van der Waals surface area contributed by atoms with Crippen molar-refractivity contribution in [3.05, 3.63) is 64.7 Å². The lowest BCUT2D eigenvalue weighted by Crippen LogP contribution is -2.35. The number of rotatable bonds is 3. The molecular formula is C21H19ClN2O2. The van der Waals surface area contributed by atoms with Gasteiger partial charge in [-0.1, -0.05) is 35.6 Å². The molecule has 0 spiro atoms. The van der Waals surface area contributed by atoms with Crippen LogP contribution in [0.25, 0.3) is 0 Å². The summed E-state index contributed by atoms with van der Waals surface area (Å²) < 4.78 is 0. The molecule has 132 valence electrons. The van der Waals surface area contributed by atoms with E-state index >= 15 is 0 Å². The van der Waals surface area contributed by atoms with Gasteiger partial charge in [0, 0.05) is 24.2 Å². The Morgan fingerprint density at radius 1 is 1.12 bits per heavy atom. The van der Waals surface area contributed by atoms with Crippen LogP contribution in [0.2, 0.25) is 5.02 Å². The van der Waals surface area contributed by atoms with Gasteiger partial charge in [-0.25, -0.2) is 0 Å². The van der Waals surface area contributed by atoms with E-state index in [2.05, 4.69) is 17.2 Å². The number of carbonyl (C=O) groups excluding carboxylic acids is 2. The third kappa shape index (κ3) is 4.44. The van der Waals surface area contributed by atoms with Gasteiger partial charge >= 0.3 is 0 Å². The molecule has 2 amide bonds. The highest BCUT2D eigenvalue weighted by molar-refractivity contribution is 6.33. The first-order valence-electron chi connectivity index (χ1n) is 8.57. The molecule has 1 N–H and O–H groups in total. The van der Waals surface area contributed by atoms with Gasteiger partial charge in [-0.15, -0.1) is 0 Å². The van der Waals surface area contributed by atoms with Crippen molar-refractivity contribution in [1.82, 2.24) is 5.32 Å². The number of halogens is 1. The second-order valence-electron chi connectivity index (χ2n) is 6.01. The molecule has 1 heterocycles. The summed E-state index contributed by atoms with van der Waals surface area (Å²) in [4.78, 5) is 25.8. The lowest BCUT2D eigenvalue weighted by atomic mass is 10.1. The highest BCUT2D eigenvalue weighted by Gasteiger charge is 2.19. The number of piperidine rings is 1. The highest BCUT2D eigenvalue weighted by atomic mass is 35.5. The van der Waals surface area contributed by atoms with Gasteiger partial charge in [0.25, 0.3) is 5.91 Å². The van der Waals surface area contributed by atoms with Crippen LogP contribution < -0.4 is 10.2 Å². The molecule has 0 bridgehead atoms. The van der Waals surface area contributed by atoms with E-state index in [0.717, 1.165) is 30.6 Å². The number of carbonyl (C=O) groups is 2. The fourth-order valence-corrected chi connectivity index (χ4v) is 3.04. The average molecular weight is 367 g/mol. The number of hydrogen-bond acceptors (Lipinski definition) is 2. The minimum absolute atomic E-state index is 0.178. The van der Waals surface area contributed by atoms with Gasteiger partial charge in [0.15, 0.2) is 0 Å². The zero-order chi connectivity index (χ0) is 18.4. The van der Waals surface area contributed by atoms with Crippen molar-refractivity contribution in [3.8, 4) is 11.8 Å². The molecular weight excluding hydrogens is 348 g/mol. The average Bonchev–Trinajstić information content (AvgIpc) is 2.66. The lowest BCUT2D eigenvalue weighted by Gasteiger charge is -2.26. The number of hydrogen-bond donors (Lipinski definition) is 1. The van der Waals surface area contributed by atoms with E-state index in [-0.39, 0.29) is 18.4 Å². The summed E-state index contributed by atoms with van der Waals surface area (Å²) in [6.07, 6.45) is 2.63. The summed E-state index contributed by atoms with van der Waals surface area (Å²) in [7, 11) is 0. The minimum Gasteiger partial charge on any atom is -0.341 e. The quantitative estimate of drug-likeness (QED) is 0.843. The third-order valence-electron chi connectivity index (χ3n) is 4.19. The summed E-state index contributed by atoms with van der Waals surface area (Å²) in [5.74, 6) is 5.86. The van der Waals surface area contributed by atoms with Crippen LogP contribution in [0.1, 0.15) is 35.2 Å². The molecule has 0 aliphatic carbocycles. The van der Waals surface area contributed by atoms with E-state index in [9.17, 15) is 9.59 Å². The standard InChI is InChI=1S/C21H19ClN2O2/c22-19-8-2-1-7-18(19)21(26)23-14-5-6-16-10-12-17(13-11-16)24-15-4-3-9-20(24)25/h1-2,7-8,10-13H,3-4,9,14-15H2,(H,23,26). The first kappa shape index (κ1) is 18.0. The van der Waals surface area contributed by atoms with E-state index in [1.807, 2.05) is 29.2 Å². The molecule has 2 aromatic carbocycles. The Morgan fingerprint density at radius 3 is 2.62 bits per heavy atom. The number of nitrogens with zero attached hydrogens (tertiary/aromatic N) is 1. The zero-order valence-electron chi connectivity index (χ0n) is 14.3. The van der Waals surface area contributed by atoms with E-state index in [1.165, 1.54) is 0 Å². The van der Waals surface area contributed by atoms with Gasteiger partial charge in [-0.2, -0.15) is 0 Å². The van der Waals surface area contributed by atoms with Gasteiger partial charge in [0.05, 0.1) is 17.1 Å². The van der Waals surface area contributed by atoms with Gasteiger partial charge in [0.2, 0.25) is 5.91 Å². The second-order valence-corrected chi connectivity index (χ2v) is 6.42. The number of anilines is 1. The first-order chi connectivity index (χ1) is 12.6. The molecule has 0 unspecified atom stereocenters. The third-order valence-corrected chi connectivity index (χ3v) is 4.52.